The number of nitrogens with one attached hydrogen (secondary N) is 1. The van der Waals surface area contributed by atoms with Crippen LogP contribution in [0.4, 0.5) is 0 Å². The van der Waals surface area contributed by atoms with Gasteiger partial charge in [0, 0.05) is 39.8 Å². The maximum atomic E-state index is 4.36. The summed E-state index contributed by atoms with van der Waals surface area (Å²) in [4.78, 5) is 8.96. The Balaban J connectivity index is 2.44. The Morgan fingerprint density at radius 2 is 1.90 bits per heavy atom. The number of guanidine groups is 1. The Morgan fingerprint density at radius 3 is 2.43 bits per heavy atom. The predicted molar refractivity (Wildman–Crippen MR) is 91.7 cm³/mol. The third-order valence-corrected chi connectivity index (χ3v) is 3.65. The summed E-state index contributed by atoms with van der Waals surface area (Å²) in [5.41, 5.74) is 1.29. The van der Waals surface area contributed by atoms with E-state index in [4.69, 9.17) is 0 Å². The van der Waals surface area contributed by atoms with Gasteiger partial charge >= 0.3 is 0 Å². The van der Waals surface area contributed by atoms with Gasteiger partial charge in [-0.2, -0.15) is 0 Å². The highest BCUT2D eigenvalue weighted by atomic mass is 15.3. The fourth-order valence-corrected chi connectivity index (χ4v) is 2.41. The van der Waals surface area contributed by atoms with Gasteiger partial charge in [-0.1, -0.05) is 37.3 Å². The molecule has 0 amide bonds. The number of hydrogen-bond acceptors (Lipinski definition) is 2. The standard InChI is InChI=1S/C17H30N4/c1-6-21(15(2)3)13-12-19-17(18-4)20(5)14-16-10-8-7-9-11-16/h7-11,15H,6,12-14H2,1-5H3,(H,18,19). The quantitative estimate of drug-likeness (QED) is 0.618. The highest BCUT2D eigenvalue weighted by molar-refractivity contribution is 5.79. The van der Waals surface area contributed by atoms with E-state index in [1.54, 1.807) is 0 Å². The van der Waals surface area contributed by atoms with E-state index in [9.17, 15) is 0 Å². The van der Waals surface area contributed by atoms with Crippen LogP contribution in [0.1, 0.15) is 26.3 Å². The molecule has 0 radical (unpaired) electrons. The van der Waals surface area contributed by atoms with E-state index in [2.05, 4.69) is 72.2 Å². The molecule has 4 heteroatoms. The Hall–Kier alpha value is -1.55. The summed E-state index contributed by atoms with van der Waals surface area (Å²) >= 11 is 0. The van der Waals surface area contributed by atoms with Gasteiger partial charge in [-0.25, -0.2) is 0 Å². The third-order valence-electron chi connectivity index (χ3n) is 3.65. The molecule has 21 heavy (non-hydrogen) atoms. The van der Waals surface area contributed by atoms with Crippen LogP contribution in [0.2, 0.25) is 0 Å². The molecule has 4 nitrogen and oxygen atoms in total. The third kappa shape index (κ3) is 6.17. The lowest BCUT2D eigenvalue weighted by atomic mass is 10.2. The summed E-state index contributed by atoms with van der Waals surface area (Å²) in [6.07, 6.45) is 0. The first-order chi connectivity index (χ1) is 10.1. The molecule has 0 unspecified atom stereocenters. The fraction of sp³-hybridized carbons (Fsp3) is 0.588. The van der Waals surface area contributed by atoms with Crippen molar-refractivity contribution in [3.63, 3.8) is 0 Å². The molecule has 0 aromatic heterocycles. The van der Waals surface area contributed by atoms with Crippen LogP contribution in [0, 0.1) is 0 Å². The number of nitrogens with zero attached hydrogens (tertiary/aromatic N) is 3. The van der Waals surface area contributed by atoms with Gasteiger partial charge in [0.1, 0.15) is 0 Å². The van der Waals surface area contributed by atoms with Gasteiger partial charge < -0.3 is 10.2 Å². The van der Waals surface area contributed by atoms with Crippen LogP contribution in [0.15, 0.2) is 35.3 Å². The molecule has 0 aliphatic carbocycles. The van der Waals surface area contributed by atoms with E-state index in [1.165, 1.54) is 5.56 Å². The van der Waals surface area contributed by atoms with Gasteiger partial charge in [-0.05, 0) is 26.0 Å². The van der Waals surface area contributed by atoms with Crippen molar-refractivity contribution in [1.29, 1.82) is 0 Å². The van der Waals surface area contributed by atoms with Crippen molar-refractivity contribution >= 4 is 5.96 Å². The molecular formula is C17H30N4. The van der Waals surface area contributed by atoms with E-state index in [1.807, 2.05) is 13.1 Å². The topological polar surface area (TPSA) is 30.9 Å². The lowest BCUT2D eigenvalue weighted by molar-refractivity contribution is 0.236. The molecule has 0 aliphatic rings. The first-order valence-electron chi connectivity index (χ1n) is 7.78. The van der Waals surface area contributed by atoms with E-state index in [0.717, 1.165) is 32.1 Å². The fourth-order valence-electron chi connectivity index (χ4n) is 2.41. The smallest absolute Gasteiger partial charge is 0.193 e. The summed E-state index contributed by atoms with van der Waals surface area (Å²) in [7, 11) is 3.91. The van der Waals surface area contributed by atoms with Crippen molar-refractivity contribution in [1.82, 2.24) is 15.1 Å². The van der Waals surface area contributed by atoms with Gasteiger partial charge in [0.05, 0.1) is 0 Å². The number of hydrogen-bond donors (Lipinski definition) is 1. The van der Waals surface area contributed by atoms with Gasteiger partial charge in [0.2, 0.25) is 0 Å². The highest BCUT2D eigenvalue weighted by Gasteiger charge is 2.09. The molecule has 0 heterocycles. The molecule has 1 rings (SSSR count). The average Bonchev–Trinajstić information content (AvgIpc) is 2.48. The minimum absolute atomic E-state index is 0.584. The molecule has 0 fully saturated rings. The molecule has 1 aromatic rings. The molecule has 1 aromatic carbocycles. The summed E-state index contributed by atoms with van der Waals surface area (Å²) in [5.74, 6) is 0.943. The van der Waals surface area contributed by atoms with Crippen LogP contribution in [0.25, 0.3) is 0 Å². The minimum Gasteiger partial charge on any atom is -0.355 e. The van der Waals surface area contributed by atoms with E-state index in [-0.39, 0.29) is 0 Å². The molecule has 1 N–H and O–H groups in total. The van der Waals surface area contributed by atoms with E-state index < -0.39 is 0 Å². The van der Waals surface area contributed by atoms with E-state index in [0.29, 0.717) is 6.04 Å². The molecule has 0 saturated carbocycles. The van der Waals surface area contributed by atoms with Crippen molar-refractivity contribution in [3.05, 3.63) is 35.9 Å². The van der Waals surface area contributed by atoms with Gasteiger partial charge in [-0.3, -0.25) is 9.89 Å². The molecule has 0 spiro atoms. The minimum atomic E-state index is 0.584. The van der Waals surface area contributed by atoms with E-state index >= 15 is 0 Å². The zero-order valence-corrected chi connectivity index (χ0v) is 14.1. The largest absolute Gasteiger partial charge is 0.355 e. The van der Waals surface area contributed by atoms with Crippen molar-refractivity contribution in [3.8, 4) is 0 Å². The van der Waals surface area contributed by atoms with Crippen molar-refractivity contribution in [2.75, 3.05) is 33.7 Å². The monoisotopic (exact) mass is 290 g/mol. The Labute approximate surface area is 129 Å². The summed E-state index contributed by atoms with van der Waals surface area (Å²) < 4.78 is 0. The summed E-state index contributed by atoms with van der Waals surface area (Å²) in [5, 5.41) is 3.44. The molecule has 0 saturated heterocycles. The normalized spacial score (nSPS) is 12.0. The molecule has 118 valence electrons. The van der Waals surface area contributed by atoms with Crippen LogP contribution >= 0.6 is 0 Å². The lowest BCUT2D eigenvalue weighted by Gasteiger charge is -2.27. The summed E-state index contributed by atoms with van der Waals surface area (Å²) in [6, 6.07) is 11.0. The van der Waals surface area contributed by atoms with Crippen molar-refractivity contribution in [2.24, 2.45) is 4.99 Å². The molecule has 0 aliphatic heterocycles. The second kappa shape index (κ2) is 9.40. The second-order valence-electron chi connectivity index (χ2n) is 5.54. The number of likely N-dealkylation sites (N-methyl/N-ethyl adjacent to an activating group) is 1. The zero-order valence-electron chi connectivity index (χ0n) is 14.1. The number of aliphatic imine (C=N–C) groups is 1. The van der Waals surface area contributed by atoms with Crippen LogP contribution in [0.5, 0.6) is 0 Å². The van der Waals surface area contributed by atoms with Gasteiger partial charge in [0.25, 0.3) is 0 Å². The van der Waals surface area contributed by atoms with Crippen molar-refractivity contribution in [2.45, 2.75) is 33.4 Å². The van der Waals surface area contributed by atoms with Gasteiger partial charge in [-0.15, -0.1) is 0 Å². The molecule has 0 bridgehead atoms. The maximum Gasteiger partial charge on any atom is 0.193 e. The van der Waals surface area contributed by atoms with Crippen LogP contribution in [0.3, 0.4) is 0 Å². The Bertz CT molecular complexity index is 414. The second-order valence-corrected chi connectivity index (χ2v) is 5.54. The molecular weight excluding hydrogens is 260 g/mol. The Morgan fingerprint density at radius 1 is 1.24 bits per heavy atom. The van der Waals surface area contributed by atoms with Gasteiger partial charge in [0.15, 0.2) is 5.96 Å². The lowest BCUT2D eigenvalue weighted by Crippen LogP contribution is -2.43. The predicted octanol–water partition coefficient (Wildman–Crippen LogP) is 2.42. The highest BCUT2D eigenvalue weighted by Crippen LogP contribution is 2.02. The SMILES string of the molecule is CCN(CCNC(=NC)N(C)Cc1ccccc1)C(C)C. The molecule has 0 atom stereocenters. The summed E-state index contributed by atoms with van der Waals surface area (Å²) in [6.45, 7) is 10.6. The Kier molecular flexibility index (Phi) is 7.83. The first kappa shape index (κ1) is 17.5. The van der Waals surface area contributed by atoms with Crippen molar-refractivity contribution < 1.29 is 0 Å². The zero-order chi connectivity index (χ0) is 15.7. The number of benzene rings is 1. The first-order valence-corrected chi connectivity index (χ1v) is 7.78. The van der Waals surface area contributed by atoms with Crippen LogP contribution < -0.4 is 5.32 Å². The van der Waals surface area contributed by atoms with Crippen LogP contribution in [-0.4, -0.2) is 55.5 Å². The number of rotatable bonds is 7. The average molecular weight is 290 g/mol. The maximum absolute atomic E-state index is 4.36. The van der Waals surface area contributed by atoms with Crippen LogP contribution in [-0.2, 0) is 6.54 Å².